The maximum Gasteiger partial charge on any atom is 0.222 e. The number of hydrogen-bond donors (Lipinski definition) is 0. The first-order valence-electron chi connectivity index (χ1n) is 12.5. The van der Waals surface area contributed by atoms with Gasteiger partial charge in [0.05, 0.1) is 15.7 Å². The number of aromatic nitrogens is 3. The van der Waals surface area contributed by atoms with Crippen LogP contribution in [-0.2, 0) is 9.59 Å². The summed E-state index contributed by atoms with van der Waals surface area (Å²) >= 11 is 14.0. The second-order valence-corrected chi connectivity index (χ2v) is 11.1. The van der Waals surface area contributed by atoms with E-state index in [4.69, 9.17) is 23.2 Å². The maximum absolute atomic E-state index is 12.8. The van der Waals surface area contributed by atoms with Crippen LogP contribution in [0.1, 0.15) is 38.7 Å². The maximum atomic E-state index is 12.8. The summed E-state index contributed by atoms with van der Waals surface area (Å²) in [6, 6.07) is 13.6. The highest BCUT2D eigenvalue weighted by atomic mass is 35.5. The van der Waals surface area contributed by atoms with Gasteiger partial charge in [-0.3, -0.25) is 14.2 Å². The summed E-state index contributed by atoms with van der Waals surface area (Å²) in [6.45, 7) is 7.70. The van der Waals surface area contributed by atoms with Crippen LogP contribution in [0.2, 0.25) is 10.0 Å². The molecule has 3 aromatic rings. The molecule has 1 aliphatic heterocycles. The molecule has 1 aromatic heterocycles. The zero-order valence-electron chi connectivity index (χ0n) is 21.3. The number of halogens is 2. The first-order valence-corrected chi connectivity index (χ1v) is 14.2. The van der Waals surface area contributed by atoms with Gasteiger partial charge in [0.25, 0.3) is 0 Å². The minimum Gasteiger partial charge on any atom is -0.339 e. The van der Waals surface area contributed by atoms with E-state index in [1.165, 1.54) is 0 Å². The van der Waals surface area contributed by atoms with Gasteiger partial charge >= 0.3 is 0 Å². The normalized spacial score (nSPS) is 15.8. The molecule has 0 radical (unpaired) electrons. The fraction of sp³-hybridized carbons (Fsp3) is 0.407. The van der Waals surface area contributed by atoms with Crippen LogP contribution in [0, 0.1) is 6.92 Å². The molecule has 0 spiro atoms. The van der Waals surface area contributed by atoms with Crippen molar-refractivity contribution in [1.29, 1.82) is 0 Å². The van der Waals surface area contributed by atoms with Crippen molar-refractivity contribution in [2.75, 3.05) is 25.4 Å². The third kappa shape index (κ3) is 6.48. The Hall–Kier alpha value is -2.55. The van der Waals surface area contributed by atoms with Crippen LogP contribution in [-0.4, -0.2) is 67.8 Å². The second-order valence-electron chi connectivity index (χ2n) is 9.19. The Labute approximate surface area is 232 Å². The number of benzene rings is 2. The molecule has 1 unspecified atom stereocenters. The molecule has 2 aromatic carbocycles. The molecule has 0 aliphatic carbocycles. The highest BCUT2D eigenvalue weighted by Crippen LogP contribution is 2.32. The van der Waals surface area contributed by atoms with Crippen molar-refractivity contribution < 1.29 is 9.59 Å². The molecule has 1 atom stereocenters. The van der Waals surface area contributed by atoms with Crippen molar-refractivity contribution >= 4 is 46.8 Å². The van der Waals surface area contributed by atoms with Crippen LogP contribution in [0.25, 0.3) is 17.1 Å². The van der Waals surface area contributed by atoms with E-state index in [0.717, 1.165) is 22.0 Å². The minimum atomic E-state index is 0.0458. The lowest BCUT2D eigenvalue weighted by Gasteiger charge is -2.40. The number of piperazine rings is 1. The Bertz CT molecular complexity index is 1260. The van der Waals surface area contributed by atoms with Crippen molar-refractivity contribution in [3.05, 3.63) is 58.1 Å². The van der Waals surface area contributed by atoms with E-state index in [1.807, 2.05) is 71.5 Å². The molecule has 196 valence electrons. The van der Waals surface area contributed by atoms with Crippen LogP contribution < -0.4 is 0 Å². The predicted molar refractivity (Wildman–Crippen MR) is 150 cm³/mol. The minimum absolute atomic E-state index is 0.0458. The van der Waals surface area contributed by atoms with Crippen molar-refractivity contribution in [3.8, 4) is 17.1 Å². The SMILES string of the molecule is CCC(=O)N1CCN(C(=O)CCCSc2nnc(-c3ccc(C)cc3)n2-c2ccc(Cl)c(Cl)c2)CC1C. The molecule has 0 bridgehead atoms. The standard InChI is InChI=1S/C27H31Cl2N5O2S/c1-4-24(35)33-14-13-32(17-19(33)3)25(36)6-5-15-37-27-31-30-26(20-9-7-18(2)8-10-20)34(27)21-11-12-22(28)23(29)16-21/h7-12,16,19H,4-6,13-15,17H2,1-3H3. The summed E-state index contributed by atoms with van der Waals surface area (Å²) < 4.78 is 1.98. The number of hydrogen-bond acceptors (Lipinski definition) is 5. The lowest BCUT2D eigenvalue weighted by Crippen LogP contribution is -2.55. The molecule has 0 N–H and O–H groups in total. The van der Waals surface area contributed by atoms with E-state index in [2.05, 4.69) is 10.2 Å². The van der Waals surface area contributed by atoms with Crippen molar-refractivity contribution in [1.82, 2.24) is 24.6 Å². The van der Waals surface area contributed by atoms with E-state index in [0.29, 0.717) is 60.5 Å². The van der Waals surface area contributed by atoms with Crippen molar-refractivity contribution in [2.45, 2.75) is 51.2 Å². The van der Waals surface area contributed by atoms with Gasteiger partial charge in [0.15, 0.2) is 11.0 Å². The molecule has 10 heteroatoms. The molecule has 2 heterocycles. The van der Waals surface area contributed by atoms with Crippen LogP contribution in [0.15, 0.2) is 47.6 Å². The highest BCUT2D eigenvalue weighted by molar-refractivity contribution is 7.99. The fourth-order valence-corrected chi connectivity index (χ4v) is 5.60. The smallest absolute Gasteiger partial charge is 0.222 e. The van der Waals surface area contributed by atoms with Crippen LogP contribution in [0.3, 0.4) is 0 Å². The molecule has 2 amide bonds. The first kappa shape index (κ1) is 27.5. The van der Waals surface area contributed by atoms with Crippen molar-refractivity contribution in [2.24, 2.45) is 0 Å². The average Bonchev–Trinajstić information content (AvgIpc) is 3.31. The monoisotopic (exact) mass is 559 g/mol. The Morgan fingerprint density at radius 1 is 1.03 bits per heavy atom. The Morgan fingerprint density at radius 2 is 1.78 bits per heavy atom. The lowest BCUT2D eigenvalue weighted by atomic mass is 10.1. The summed E-state index contributed by atoms with van der Waals surface area (Å²) in [5.41, 5.74) is 2.93. The lowest BCUT2D eigenvalue weighted by molar-refractivity contribution is -0.142. The zero-order chi connectivity index (χ0) is 26.5. The van der Waals surface area contributed by atoms with Gasteiger partial charge in [-0.25, -0.2) is 0 Å². The van der Waals surface area contributed by atoms with E-state index < -0.39 is 0 Å². The molecule has 1 fully saturated rings. The molecule has 1 saturated heterocycles. The number of thioether (sulfide) groups is 1. The van der Waals surface area contributed by atoms with Crippen LogP contribution in [0.5, 0.6) is 0 Å². The van der Waals surface area contributed by atoms with Gasteiger partial charge in [0.2, 0.25) is 11.8 Å². The van der Waals surface area contributed by atoms with E-state index in [1.54, 1.807) is 17.8 Å². The molecular formula is C27H31Cl2N5O2S. The average molecular weight is 561 g/mol. The van der Waals surface area contributed by atoms with Crippen molar-refractivity contribution in [3.63, 3.8) is 0 Å². The number of amides is 2. The molecule has 0 saturated carbocycles. The van der Waals surface area contributed by atoms with Gasteiger partial charge in [-0.15, -0.1) is 10.2 Å². The first-order chi connectivity index (χ1) is 17.8. The van der Waals surface area contributed by atoms with Crippen LogP contribution >= 0.6 is 35.0 Å². The van der Waals surface area contributed by atoms with Gasteiger partial charge in [-0.05, 0) is 38.5 Å². The van der Waals surface area contributed by atoms with E-state index >= 15 is 0 Å². The van der Waals surface area contributed by atoms with Gasteiger partial charge in [-0.1, -0.05) is 71.7 Å². The number of rotatable bonds is 8. The van der Waals surface area contributed by atoms with Gasteiger partial charge in [0.1, 0.15) is 0 Å². The Balaban J connectivity index is 1.42. The Morgan fingerprint density at radius 3 is 2.46 bits per heavy atom. The Kier molecular flexibility index (Phi) is 9.16. The number of nitrogens with zero attached hydrogens (tertiary/aromatic N) is 5. The summed E-state index contributed by atoms with van der Waals surface area (Å²) in [7, 11) is 0. The highest BCUT2D eigenvalue weighted by Gasteiger charge is 2.28. The molecule has 37 heavy (non-hydrogen) atoms. The predicted octanol–water partition coefficient (Wildman–Crippen LogP) is 5.89. The number of carbonyl (C=O) groups is 2. The topological polar surface area (TPSA) is 71.3 Å². The van der Waals surface area contributed by atoms with Gasteiger partial charge in [-0.2, -0.15) is 0 Å². The van der Waals surface area contributed by atoms with E-state index in [-0.39, 0.29) is 17.9 Å². The molecule has 4 rings (SSSR count). The fourth-order valence-electron chi connectivity index (χ4n) is 4.41. The summed E-state index contributed by atoms with van der Waals surface area (Å²) in [5, 5.41) is 10.6. The number of aryl methyl sites for hydroxylation is 1. The third-order valence-electron chi connectivity index (χ3n) is 6.47. The zero-order valence-corrected chi connectivity index (χ0v) is 23.6. The van der Waals surface area contributed by atoms with Gasteiger partial charge in [0, 0.05) is 49.8 Å². The van der Waals surface area contributed by atoms with Crippen LogP contribution in [0.4, 0.5) is 0 Å². The third-order valence-corrected chi connectivity index (χ3v) is 8.23. The summed E-state index contributed by atoms with van der Waals surface area (Å²) in [5.74, 6) is 1.70. The summed E-state index contributed by atoms with van der Waals surface area (Å²) in [4.78, 5) is 28.6. The summed E-state index contributed by atoms with van der Waals surface area (Å²) in [6.07, 6.45) is 1.65. The number of carbonyl (C=O) groups excluding carboxylic acids is 2. The molecular weight excluding hydrogens is 529 g/mol. The largest absolute Gasteiger partial charge is 0.339 e. The van der Waals surface area contributed by atoms with E-state index in [9.17, 15) is 9.59 Å². The molecule has 7 nitrogen and oxygen atoms in total. The van der Waals surface area contributed by atoms with Gasteiger partial charge < -0.3 is 9.80 Å². The molecule has 1 aliphatic rings. The second kappa shape index (κ2) is 12.3. The quantitative estimate of drug-likeness (QED) is 0.254.